The SMILES string of the molecule is C=C1CN(C(=O)CNc2ccncc2C(=[NH2+])C(N)=O)[C@H](C(=O)NCc2cccc(Cl)c2F)[C@@H]1OC. The number of aromatic nitrogens is 1. The van der Waals surface area contributed by atoms with Crippen LogP contribution < -0.4 is 21.8 Å². The summed E-state index contributed by atoms with van der Waals surface area (Å²) in [6.45, 7) is 3.63. The Labute approximate surface area is 205 Å². The van der Waals surface area contributed by atoms with E-state index in [0.717, 1.165) is 0 Å². The second-order valence-electron chi connectivity index (χ2n) is 7.76. The van der Waals surface area contributed by atoms with E-state index in [1.54, 1.807) is 6.07 Å². The van der Waals surface area contributed by atoms with E-state index >= 15 is 0 Å². The van der Waals surface area contributed by atoms with Gasteiger partial charge in [-0.2, -0.15) is 0 Å². The first kappa shape index (κ1) is 25.8. The number of pyridine rings is 1. The van der Waals surface area contributed by atoms with E-state index in [4.69, 9.17) is 27.5 Å². The van der Waals surface area contributed by atoms with Gasteiger partial charge in [0.2, 0.25) is 11.8 Å². The number of ether oxygens (including phenoxy) is 1. The number of anilines is 1. The Morgan fingerprint density at radius 1 is 1.37 bits per heavy atom. The largest absolute Gasteiger partial charge is 0.375 e. The molecule has 2 atom stereocenters. The van der Waals surface area contributed by atoms with E-state index in [0.29, 0.717) is 11.3 Å². The third-order valence-electron chi connectivity index (χ3n) is 5.53. The van der Waals surface area contributed by atoms with E-state index in [-0.39, 0.29) is 41.5 Å². The number of nitrogens with two attached hydrogens (primary N) is 2. The van der Waals surface area contributed by atoms with Gasteiger partial charge in [0.1, 0.15) is 18.0 Å². The molecule has 0 saturated carbocycles. The van der Waals surface area contributed by atoms with Crippen molar-refractivity contribution in [2.24, 2.45) is 5.73 Å². The van der Waals surface area contributed by atoms with Gasteiger partial charge in [0.25, 0.3) is 5.71 Å². The third-order valence-corrected chi connectivity index (χ3v) is 5.82. The van der Waals surface area contributed by atoms with Crippen LogP contribution in [0.1, 0.15) is 11.1 Å². The molecule has 0 unspecified atom stereocenters. The van der Waals surface area contributed by atoms with Gasteiger partial charge in [-0.3, -0.25) is 19.4 Å². The van der Waals surface area contributed by atoms with Crippen molar-refractivity contribution in [1.82, 2.24) is 15.2 Å². The molecule has 0 radical (unpaired) electrons. The Bertz CT molecular complexity index is 1190. The summed E-state index contributed by atoms with van der Waals surface area (Å²) in [7, 11) is 1.41. The number of hydrogen-bond acceptors (Lipinski definition) is 6. The zero-order valence-electron chi connectivity index (χ0n) is 18.9. The number of halogens is 2. The number of carbonyl (C=O) groups is 3. The van der Waals surface area contributed by atoms with E-state index in [2.05, 4.69) is 22.2 Å². The molecule has 1 aliphatic rings. The van der Waals surface area contributed by atoms with Crippen LogP contribution in [0.25, 0.3) is 0 Å². The molecule has 0 bridgehead atoms. The summed E-state index contributed by atoms with van der Waals surface area (Å²) in [6, 6.07) is 4.98. The standard InChI is InChI=1S/C23H24ClFN6O4/c1-12-11-31(17(32)10-29-16-6-7-28-9-14(16)19(26)22(27)33)20(21(12)35-2)23(34)30-8-13-4-3-5-15(24)18(13)25/h3-7,9,20-21,26H,1,8,10-11H2,2H3,(H2,27,33)(H,28,29)(H,30,34)/p+1/t20-,21+/m0/s1. The zero-order valence-corrected chi connectivity index (χ0v) is 19.6. The number of rotatable bonds is 9. The molecule has 12 heteroatoms. The van der Waals surface area contributed by atoms with Crippen LogP contribution >= 0.6 is 11.6 Å². The highest BCUT2D eigenvalue weighted by Gasteiger charge is 2.44. The Balaban J connectivity index is 1.74. The number of nitrogens with one attached hydrogen (secondary N) is 2. The van der Waals surface area contributed by atoms with Gasteiger partial charge in [-0.1, -0.05) is 30.3 Å². The average Bonchev–Trinajstić information content (AvgIpc) is 3.19. The summed E-state index contributed by atoms with van der Waals surface area (Å²) in [5.74, 6) is -2.45. The maximum absolute atomic E-state index is 14.2. The lowest BCUT2D eigenvalue weighted by atomic mass is 10.1. The number of primary amides is 1. The minimum atomic E-state index is -1.02. The molecule has 184 valence electrons. The maximum Gasteiger partial charge on any atom is 0.313 e. The van der Waals surface area contributed by atoms with Crippen LogP contribution in [0.5, 0.6) is 0 Å². The number of nitrogens with zero attached hydrogens (tertiary/aromatic N) is 2. The molecule has 10 nitrogen and oxygen atoms in total. The van der Waals surface area contributed by atoms with Crippen molar-refractivity contribution in [3.8, 4) is 0 Å². The molecule has 2 heterocycles. The van der Waals surface area contributed by atoms with Gasteiger partial charge in [-0.25, -0.2) is 9.80 Å². The summed E-state index contributed by atoms with van der Waals surface area (Å²) < 4.78 is 19.6. The molecular formula is C23H25ClFN6O4+. The first-order valence-corrected chi connectivity index (χ1v) is 10.8. The second kappa shape index (κ2) is 11.1. The molecule has 3 rings (SSSR count). The van der Waals surface area contributed by atoms with Crippen LogP contribution in [0.2, 0.25) is 5.02 Å². The van der Waals surface area contributed by atoms with E-state index in [1.165, 1.54) is 42.6 Å². The van der Waals surface area contributed by atoms with Gasteiger partial charge in [-0.05, 0) is 17.7 Å². The number of likely N-dealkylation sites (tertiary alicyclic amines) is 1. The number of hydrogen-bond donors (Lipinski definition) is 4. The monoisotopic (exact) mass is 503 g/mol. The Morgan fingerprint density at radius 3 is 2.80 bits per heavy atom. The Kier molecular flexibility index (Phi) is 8.15. The van der Waals surface area contributed by atoms with E-state index in [9.17, 15) is 18.8 Å². The van der Waals surface area contributed by atoms with Gasteiger partial charge in [0.15, 0.2) is 0 Å². The Morgan fingerprint density at radius 2 is 2.11 bits per heavy atom. The molecule has 3 amide bonds. The molecule has 1 saturated heterocycles. The lowest BCUT2D eigenvalue weighted by Gasteiger charge is -2.26. The van der Waals surface area contributed by atoms with Crippen LogP contribution in [-0.4, -0.2) is 65.7 Å². The van der Waals surface area contributed by atoms with Gasteiger partial charge < -0.3 is 26.0 Å². The highest BCUT2D eigenvalue weighted by molar-refractivity contribution is 6.43. The molecular weight excluding hydrogens is 479 g/mol. The normalized spacial score (nSPS) is 17.2. The fraction of sp³-hybridized carbons (Fsp3) is 0.261. The number of carbonyl (C=O) groups excluding carboxylic acids is 3. The van der Waals surface area contributed by atoms with Gasteiger partial charge >= 0.3 is 5.91 Å². The lowest BCUT2D eigenvalue weighted by molar-refractivity contribution is -0.139. The van der Waals surface area contributed by atoms with Crippen LogP contribution in [0, 0.1) is 5.82 Å². The van der Waals surface area contributed by atoms with Crippen LogP contribution in [0.15, 0.2) is 48.8 Å². The highest BCUT2D eigenvalue weighted by Crippen LogP contribution is 2.26. The molecule has 1 aromatic heterocycles. The fourth-order valence-corrected chi connectivity index (χ4v) is 3.95. The summed E-state index contributed by atoms with van der Waals surface area (Å²) in [4.78, 5) is 42.8. The molecule has 6 N–H and O–H groups in total. The molecule has 1 aliphatic heterocycles. The minimum absolute atomic E-state index is 0.0617. The summed E-state index contributed by atoms with van der Waals surface area (Å²) >= 11 is 5.80. The van der Waals surface area contributed by atoms with Crippen LogP contribution in [0.3, 0.4) is 0 Å². The van der Waals surface area contributed by atoms with Crippen LogP contribution in [0.4, 0.5) is 10.1 Å². The molecule has 1 aromatic carbocycles. The molecule has 2 aromatic rings. The maximum atomic E-state index is 14.2. The van der Waals surface area contributed by atoms with Crippen molar-refractivity contribution in [3.05, 3.63) is 70.8 Å². The minimum Gasteiger partial charge on any atom is -0.375 e. The zero-order chi connectivity index (χ0) is 25.7. The molecule has 35 heavy (non-hydrogen) atoms. The van der Waals surface area contributed by atoms with Gasteiger partial charge in [0, 0.05) is 38.2 Å². The van der Waals surface area contributed by atoms with Crippen molar-refractivity contribution in [2.75, 3.05) is 25.5 Å². The summed E-state index contributed by atoms with van der Waals surface area (Å²) in [5, 5.41) is 11.2. The van der Waals surface area contributed by atoms with Crippen molar-refractivity contribution in [2.45, 2.75) is 18.7 Å². The van der Waals surface area contributed by atoms with Gasteiger partial charge in [-0.15, -0.1) is 0 Å². The molecule has 0 spiro atoms. The highest BCUT2D eigenvalue weighted by atomic mass is 35.5. The number of benzene rings is 1. The van der Waals surface area contributed by atoms with E-state index < -0.39 is 35.7 Å². The predicted octanol–water partition coefficient (Wildman–Crippen LogP) is -0.582. The molecule has 0 aliphatic carbocycles. The number of amides is 3. The van der Waals surface area contributed by atoms with Gasteiger partial charge in [0.05, 0.1) is 22.8 Å². The first-order chi connectivity index (χ1) is 16.6. The van der Waals surface area contributed by atoms with Crippen molar-refractivity contribution in [3.63, 3.8) is 0 Å². The van der Waals surface area contributed by atoms with Crippen molar-refractivity contribution < 1.29 is 28.9 Å². The molecule has 1 fully saturated rings. The summed E-state index contributed by atoms with van der Waals surface area (Å²) in [6.07, 6.45) is 2.05. The van der Waals surface area contributed by atoms with Crippen molar-refractivity contribution in [1.29, 1.82) is 0 Å². The number of methoxy groups -OCH3 is 1. The second-order valence-corrected chi connectivity index (χ2v) is 8.17. The average molecular weight is 504 g/mol. The predicted molar refractivity (Wildman–Crippen MR) is 127 cm³/mol. The third kappa shape index (κ3) is 5.64. The Hall–Kier alpha value is -3.83. The topological polar surface area (TPSA) is 152 Å². The lowest BCUT2D eigenvalue weighted by Crippen LogP contribution is -2.51. The quantitative estimate of drug-likeness (QED) is 0.265. The van der Waals surface area contributed by atoms with Crippen molar-refractivity contribution >= 4 is 40.7 Å². The van der Waals surface area contributed by atoms with E-state index in [1.807, 2.05) is 0 Å². The fourth-order valence-electron chi connectivity index (χ4n) is 3.75. The smallest absolute Gasteiger partial charge is 0.313 e. The van der Waals surface area contributed by atoms with Crippen LogP contribution in [-0.2, 0) is 25.7 Å². The first-order valence-electron chi connectivity index (χ1n) is 10.5. The summed E-state index contributed by atoms with van der Waals surface area (Å²) in [5.41, 5.74) is 6.37.